The van der Waals surface area contributed by atoms with Gasteiger partial charge in [0, 0.05) is 11.0 Å². The number of aliphatic hydroxyl groups excluding tert-OH is 1. The van der Waals surface area contributed by atoms with E-state index in [0.29, 0.717) is 4.43 Å². The van der Waals surface area contributed by atoms with Crippen LogP contribution >= 0.6 is 22.6 Å². The van der Waals surface area contributed by atoms with E-state index < -0.39 is 22.7 Å². The number of Topliss-reactive ketones (excluding diaryl/α,β-unsaturated/α-hetero) is 1. The maximum atomic E-state index is 12.6. The molecule has 0 spiro atoms. The molecule has 0 saturated carbocycles. The number of aryl methyl sites for hydroxylation is 1. The number of aliphatic hydroxyl groups is 1. The van der Waals surface area contributed by atoms with Crippen LogP contribution in [0.15, 0.2) is 29.2 Å². The summed E-state index contributed by atoms with van der Waals surface area (Å²) in [5, 5.41) is 9.32. The summed E-state index contributed by atoms with van der Waals surface area (Å²) >= 11 is 2.04. The van der Waals surface area contributed by atoms with Crippen LogP contribution in [0.25, 0.3) is 0 Å². The Morgan fingerprint density at radius 1 is 1.35 bits per heavy atom. The van der Waals surface area contributed by atoms with Crippen molar-refractivity contribution >= 4 is 38.4 Å². The second kappa shape index (κ2) is 7.48. The first-order valence-electron chi connectivity index (χ1n) is 6.10. The lowest BCUT2D eigenvalue weighted by molar-refractivity contribution is -0.121. The van der Waals surface area contributed by atoms with Crippen LogP contribution in [-0.2, 0) is 14.8 Å². The molecule has 0 heterocycles. The number of benzene rings is 1. The molecule has 1 rings (SSSR count). The Morgan fingerprint density at radius 3 is 2.30 bits per heavy atom. The summed E-state index contributed by atoms with van der Waals surface area (Å²) in [7, 11) is -3.79. The SMILES string of the molecule is CC(=O)[C@@H](CO)N(CCI)S(=O)(=O)c1ccc(C)cc1. The third-order valence-corrected chi connectivity index (χ3v) is 5.33. The van der Waals surface area contributed by atoms with Gasteiger partial charge in [0.2, 0.25) is 10.0 Å². The second-order valence-corrected chi connectivity index (χ2v) is 7.40. The fourth-order valence-electron chi connectivity index (χ4n) is 1.79. The highest BCUT2D eigenvalue weighted by molar-refractivity contribution is 14.1. The van der Waals surface area contributed by atoms with Gasteiger partial charge in [-0.15, -0.1) is 0 Å². The Bertz CT molecular complexity index is 556. The summed E-state index contributed by atoms with van der Waals surface area (Å²) in [4.78, 5) is 11.7. The number of hydrogen-bond acceptors (Lipinski definition) is 4. The van der Waals surface area contributed by atoms with E-state index in [1.54, 1.807) is 12.1 Å². The molecule has 1 aromatic rings. The van der Waals surface area contributed by atoms with Crippen LogP contribution in [0.2, 0.25) is 0 Å². The molecular formula is C13H18INO4S. The number of sulfonamides is 1. The van der Waals surface area contributed by atoms with Gasteiger partial charge in [0.1, 0.15) is 11.8 Å². The van der Waals surface area contributed by atoms with Crippen LogP contribution in [0.1, 0.15) is 12.5 Å². The van der Waals surface area contributed by atoms with Crippen LogP contribution < -0.4 is 0 Å². The Kier molecular flexibility index (Phi) is 6.56. The number of alkyl halides is 1. The molecule has 1 atom stereocenters. The van der Waals surface area contributed by atoms with Crippen LogP contribution in [-0.4, -0.2) is 47.2 Å². The molecule has 0 aliphatic carbocycles. The molecule has 5 nitrogen and oxygen atoms in total. The number of halogens is 1. The lowest BCUT2D eigenvalue weighted by Gasteiger charge is -2.27. The summed E-state index contributed by atoms with van der Waals surface area (Å²) in [6, 6.07) is 5.41. The molecule has 112 valence electrons. The van der Waals surface area contributed by atoms with Crippen molar-refractivity contribution in [3.8, 4) is 0 Å². The summed E-state index contributed by atoms with van der Waals surface area (Å²) in [5.74, 6) is -0.368. The standard InChI is InChI=1S/C13H18INO4S/c1-10-3-5-12(6-4-10)20(18,19)15(8-7-14)13(9-16)11(2)17/h3-6,13,16H,7-9H2,1-2H3/t13-/m1/s1. The van der Waals surface area contributed by atoms with E-state index in [2.05, 4.69) is 0 Å². The quantitative estimate of drug-likeness (QED) is 0.544. The molecule has 1 aromatic carbocycles. The fourth-order valence-corrected chi connectivity index (χ4v) is 4.27. The number of ketones is 1. The van der Waals surface area contributed by atoms with Gasteiger partial charge in [-0.25, -0.2) is 8.42 Å². The predicted octanol–water partition coefficient (Wildman–Crippen LogP) is 1.37. The molecule has 0 aliphatic rings. The normalized spacial score (nSPS) is 13.4. The number of carbonyl (C=O) groups is 1. The Morgan fingerprint density at radius 2 is 1.90 bits per heavy atom. The van der Waals surface area contributed by atoms with E-state index in [9.17, 15) is 18.3 Å². The van der Waals surface area contributed by atoms with E-state index in [4.69, 9.17) is 0 Å². The van der Waals surface area contributed by atoms with Crippen LogP contribution in [0.4, 0.5) is 0 Å². The van der Waals surface area contributed by atoms with Crippen LogP contribution in [0.3, 0.4) is 0 Å². The number of carbonyl (C=O) groups excluding carboxylic acids is 1. The van der Waals surface area contributed by atoms with Gasteiger partial charge in [-0.1, -0.05) is 40.3 Å². The molecule has 7 heteroatoms. The van der Waals surface area contributed by atoms with E-state index in [-0.39, 0.29) is 17.2 Å². The van der Waals surface area contributed by atoms with Crippen molar-refractivity contribution in [3.05, 3.63) is 29.8 Å². The van der Waals surface area contributed by atoms with Gasteiger partial charge in [0.05, 0.1) is 11.5 Å². The lowest BCUT2D eigenvalue weighted by Crippen LogP contribution is -2.47. The van der Waals surface area contributed by atoms with Gasteiger partial charge in [-0.2, -0.15) is 4.31 Å². The van der Waals surface area contributed by atoms with Gasteiger partial charge < -0.3 is 5.11 Å². The van der Waals surface area contributed by atoms with Crippen molar-refractivity contribution < 1.29 is 18.3 Å². The molecule has 0 fully saturated rings. The summed E-state index contributed by atoms with van der Waals surface area (Å²) in [5.41, 5.74) is 0.953. The van der Waals surface area contributed by atoms with Crippen molar-refractivity contribution in [1.82, 2.24) is 4.31 Å². The van der Waals surface area contributed by atoms with Crippen molar-refractivity contribution in [2.45, 2.75) is 24.8 Å². The van der Waals surface area contributed by atoms with Gasteiger partial charge in [-0.3, -0.25) is 4.79 Å². The Hall–Kier alpha value is -0.510. The zero-order valence-electron chi connectivity index (χ0n) is 11.4. The molecule has 0 aromatic heterocycles. The summed E-state index contributed by atoms with van der Waals surface area (Å²) in [6.07, 6.45) is 0. The topological polar surface area (TPSA) is 74.7 Å². The second-order valence-electron chi connectivity index (χ2n) is 4.43. The Balaban J connectivity index is 3.24. The third kappa shape index (κ3) is 4.00. The first kappa shape index (κ1) is 17.5. The molecule has 0 aliphatic heterocycles. The molecular weight excluding hydrogens is 393 g/mol. The summed E-state index contributed by atoms with van der Waals surface area (Å²) in [6.45, 7) is 2.81. The molecule has 0 unspecified atom stereocenters. The monoisotopic (exact) mass is 411 g/mol. The predicted molar refractivity (Wildman–Crippen MR) is 85.5 cm³/mol. The van der Waals surface area contributed by atoms with Crippen molar-refractivity contribution in [2.24, 2.45) is 0 Å². The van der Waals surface area contributed by atoms with E-state index in [1.807, 2.05) is 29.5 Å². The van der Waals surface area contributed by atoms with Crippen LogP contribution in [0.5, 0.6) is 0 Å². The fraction of sp³-hybridized carbons (Fsp3) is 0.462. The molecule has 20 heavy (non-hydrogen) atoms. The molecule has 1 N–H and O–H groups in total. The first-order valence-corrected chi connectivity index (χ1v) is 9.07. The number of hydrogen-bond donors (Lipinski definition) is 1. The van der Waals surface area contributed by atoms with Crippen molar-refractivity contribution in [1.29, 1.82) is 0 Å². The first-order chi connectivity index (χ1) is 9.34. The maximum absolute atomic E-state index is 12.6. The van der Waals surface area contributed by atoms with E-state index in [1.165, 1.54) is 19.1 Å². The minimum absolute atomic E-state index is 0.132. The van der Waals surface area contributed by atoms with Crippen molar-refractivity contribution in [2.75, 3.05) is 17.6 Å². The average molecular weight is 411 g/mol. The number of rotatable bonds is 7. The number of nitrogens with zero attached hydrogens (tertiary/aromatic N) is 1. The summed E-state index contributed by atoms with van der Waals surface area (Å²) < 4.78 is 26.8. The van der Waals surface area contributed by atoms with Crippen LogP contribution in [0, 0.1) is 6.92 Å². The maximum Gasteiger partial charge on any atom is 0.243 e. The highest BCUT2D eigenvalue weighted by atomic mass is 127. The molecule has 0 radical (unpaired) electrons. The Labute approximate surface area is 133 Å². The largest absolute Gasteiger partial charge is 0.394 e. The third-order valence-electron chi connectivity index (χ3n) is 2.92. The van der Waals surface area contributed by atoms with Crippen molar-refractivity contribution in [3.63, 3.8) is 0 Å². The molecule has 0 bridgehead atoms. The van der Waals surface area contributed by atoms with Gasteiger partial charge in [0.15, 0.2) is 0 Å². The van der Waals surface area contributed by atoms with Gasteiger partial charge in [0.25, 0.3) is 0 Å². The zero-order chi connectivity index (χ0) is 15.3. The molecule has 0 saturated heterocycles. The molecule has 0 amide bonds. The van der Waals surface area contributed by atoms with Gasteiger partial charge in [-0.05, 0) is 26.0 Å². The highest BCUT2D eigenvalue weighted by Crippen LogP contribution is 2.19. The minimum atomic E-state index is -3.79. The highest BCUT2D eigenvalue weighted by Gasteiger charge is 2.33. The van der Waals surface area contributed by atoms with E-state index in [0.717, 1.165) is 9.87 Å². The minimum Gasteiger partial charge on any atom is -0.394 e. The van der Waals surface area contributed by atoms with Gasteiger partial charge >= 0.3 is 0 Å². The lowest BCUT2D eigenvalue weighted by atomic mass is 10.2. The average Bonchev–Trinajstić information content (AvgIpc) is 2.38. The zero-order valence-corrected chi connectivity index (χ0v) is 14.4. The van der Waals surface area contributed by atoms with E-state index >= 15 is 0 Å². The smallest absolute Gasteiger partial charge is 0.243 e.